The third kappa shape index (κ3) is 36.9. The van der Waals surface area contributed by atoms with Crippen LogP contribution < -0.4 is 5.32 Å². The van der Waals surface area contributed by atoms with Crippen LogP contribution in [0.1, 0.15) is 290 Å². The average molecular weight is 939 g/mol. The molecule has 0 aromatic rings. The fourth-order valence-electron chi connectivity index (χ4n) is 9.51. The molecule has 0 saturated carbocycles. The minimum absolute atomic E-state index is 0.173. The standard InChI is InChI=1S/C57H111NO8/c1-3-5-7-9-11-13-14-15-16-17-18-19-20-21-22-23-24-25-26-27-28-29-30-31-32-33-34-35-36-37-39-41-43-45-47-53(61)58-50(51(60)46-44-42-40-38-12-10-8-6-4-2)49-65-57-56(64)55(63)54(62)52(48-59)66-57/h44,46,50-52,54-57,59-60,62-64H,3-43,45,47-49H2,1-2H3,(H,58,61)/b46-44+/t50-,51+,52+,54-,55?,56?,57+/m0/s1. The Bertz CT molecular complexity index is 1040. The third-order valence-corrected chi connectivity index (χ3v) is 14.1. The molecule has 0 aromatic carbocycles. The molecule has 1 fully saturated rings. The lowest BCUT2D eigenvalue weighted by molar-refractivity contribution is -0.302. The van der Waals surface area contributed by atoms with Gasteiger partial charge in [0.2, 0.25) is 5.91 Å². The van der Waals surface area contributed by atoms with Crippen LogP contribution >= 0.6 is 0 Å². The maximum absolute atomic E-state index is 13.0. The van der Waals surface area contributed by atoms with Crippen molar-refractivity contribution in [2.75, 3.05) is 13.2 Å². The van der Waals surface area contributed by atoms with Crippen molar-refractivity contribution in [2.24, 2.45) is 0 Å². The summed E-state index contributed by atoms with van der Waals surface area (Å²) < 4.78 is 11.2. The molecule has 0 bridgehead atoms. The maximum Gasteiger partial charge on any atom is 0.220 e. The second-order valence-corrected chi connectivity index (χ2v) is 20.5. The van der Waals surface area contributed by atoms with Gasteiger partial charge in [-0.2, -0.15) is 0 Å². The van der Waals surface area contributed by atoms with E-state index >= 15 is 0 Å². The molecule has 9 nitrogen and oxygen atoms in total. The third-order valence-electron chi connectivity index (χ3n) is 14.1. The van der Waals surface area contributed by atoms with Crippen molar-refractivity contribution >= 4 is 5.91 Å². The zero-order valence-electron chi connectivity index (χ0n) is 43.5. The molecule has 7 atom stereocenters. The Morgan fingerprint density at radius 3 is 1.18 bits per heavy atom. The Kier molecular flexibility index (Phi) is 45.4. The van der Waals surface area contributed by atoms with Crippen molar-refractivity contribution < 1.29 is 39.8 Å². The minimum atomic E-state index is -1.56. The van der Waals surface area contributed by atoms with Gasteiger partial charge in [-0.05, 0) is 19.3 Å². The Hall–Kier alpha value is -1.07. The topological polar surface area (TPSA) is 149 Å². The van der Waals surface area contributed by atoms with Gasteiger partial charge in [-0.1, -0.05) is 276 Å². The summed E-state index contributed by atoms with van der Waals surface area (Å²) in [4.78, 5) is 13.0. The number of allylic oxidation sites excluding steroid dienone is 1. The van der Waals surface area contributed by atoms with E-state index < -0.39 is 49.5 Å². The summed E-state index contributed by atoms with van der Waals surface area (Å²) in [6, 6.07) is -0.798. The van der Waals surface area contributed by atoms with Crippen LogP contribution in [0.3, 0.4) is 0 Å². The van der Waals surface area contributed by atoms with E-state index in [1.807, 2.05) is 6.08 Å². The van der Waals surface area contributed by atoms with Gasteiger partial charge in [-0.3, -0.25) is 4.79 Å². The summed E-state index contributed by atoms with van der Waals surface area (Å²) in [5, 5.41) is 54.2. The second-order valence-electron chi connectivity index (χ2n) is 20.5. The Labute approximate surface area is 407 Å². The number of ether oxygens (including phenoxy) is 2. The van der Waals surface area contributed by atoms with Crippen molar-refractivity contribution in [1.29, 1.82) is 0 Å². The van der Waals surface area contributed by atoms with Gasteiger partial charge in [0.15, 0.2) is 6.29 Å². The van der Waals surface area contributed by atoms with Crippen molar-refractivity contribution in [3.05, 3.63) is 12.2 Å². The zero-order valence-corrected chi connectivity index (χ0v) is 43.5. The SMILES string of the molecule is CCCCCCCCC/C=C/[C@@H](O)[C@H](CO[C@@H]1O[C@H](CO)[C@H](O)C(O)C1O)NC(=O)CCCCCCCCCCCCCCCCCCCCCCCCCCCCCCCCCCCC. The van der Waals surface area contributed by atoms with Crippen LogP contribution in [0.25, 0.3) is 0 Å². The van der Waals surface area contributed by atoms with E-state index in [-0.39, 0.29) is 12.5 Å². The van der Waals surface area contributed by atoms with Gasteiger partial charge >= 0.3 is 0 Å². The first-order valence-electron chi connectivity index (χ1n) is 28.9. The molecule has 0 aromatic heterocycles. The lowest BCUT2D eigenvalue weighted by Gasteiger charge is -2.40. The van der Waals surface area contributed by atoms with E-state index in [9.17, 15) is 30.3 Å². The molecule has 1 aliphatic rings. The summed E-state index contributed by atoms with van der Waals surface area (Å²) in [7, 11) is 0. The summed E-state index contributed by atoms with van der Waals surface area (Å²) in [5.74, 6) is -0.173. The van der Waals surface area contributed by atoms with Crippen LogP contribution in [0.4, 0.5) is 0 Å². The molecule has 0 aliphatic carbocycles. The van der Waals surface area contributed by atoms with E-state index in [0.717, 1.165) is 38.5 Å². The molecular weight excluding hydrogens is 827 g/mol. The van der Waals surface area contributed by atoms with Crippen LogP contribution in [0.15, 0.2) is 12.2 Å². The molecule has 1 rings (SSSR count). The van der Waals surface area contributed by atoms with Crippen molar-refractivity contribution in [2.45, 2.75) is 333 Å². The lowest BCUT2D eigenvalue weighted by Crippen LogP contribution is -2.60. The number of carbonyl (C=O) groups is 1. The number of amides is 1. The quantitative estimate of drug-likeness (QED) is 0.0261. The van der Waals surface area contributed by atoms with Gasteiger partial charge in [0.25, 0.3) is 0 Å². The average Bonchev–Trinajstić information content (AvgIpc) is 3.32. The van der Waals surface area contributed by atoms with E-state index in [1.54, 1.807) is 6.08 Å². The number of nitrogens with one attached hydrogen (secondary N) is 1. The highest BCUT2D eigenvalue weighted by Crippen LogP contribution is 2.23. The van der Waals surface area contributed by atoms with E-state index in [4.69, 9.17) is 9.47 Å². The fraction of sp³-hybridized carbons (Fsp3) is 0.947. The molecular formula is C57H111NO8. The number of rotatable bonds is 50. The molecule has 9 heteroatoms. The fourth-order valence-corrected chi connectivity index (χ4v) is 9.51. The second kappa shape index (κ2) is 47.6. The largest absolute Gasteiger partial charge is 0.394 e. The normalized spacial score (nSPS) is 19.8. The molecule has 0 spiro atoms. The van der Waals surface area contributed by atoms with Crippen molar-refractivity contribution in [3.8, 4) is 0 Å². The van der Waals surface area contributed by atoms with Gasteiger partial charge in [0.1, 0.15) is 24.4 Å². The summed E-state index contributed by atoms with van der Waals surface area (Å²) in [6.07, 6.45) is 51.8. The van der Waals surface area contributed by atoms with Crippen LogP contribution in [0.2, 0.25) is 0 Å². The number of carbonyl (C=O) groups excluding carboxylic acids is 1. The first-order valence-corrected chi connectivity index (χ1v) is 28.9. The van der Waals surface area contributed by atoms with Crippen LogP contribution in [-0.4, -0.2) is 87.5 Å². The zero-order chi connectivity index (χ0) is 48.0. The number of aliphatic hydroxyl groups excluding tert-OH is 5. The van der Waals surface area contributed by atoms with Crippen molar-refractivity contribution in [1.82, 2.24) is 5.32 Å². The lowest BCUT2D eigenvalue weighted by atomic mass is 9.99. The highest BCUT2D eigenvalue weighted by atomic mass is 16.7. The van der Waals surface area contributed by atoms with Gasteiger partial charge < -0.3 is 40.3 Å². The summed E-state index contributed by atoms with van der Waals surface area (Å²) >= 11 is 0. The monoisotopic (exact) mass is 938 g/mol. The molecule has 392 valence electrons. The number of aliphatic hydroxyl groups is 5. The van der Waals surface area contributed by atoms with Gasteiger partial charge in [-0.15, -0.1) is 0 Å². The number of hydrogen-bond donors (Lipinski definition) is 6. The Morgan fingerprint density at radius 2 is 0.833 bits per heavy atom. The van der Waals surface area contributed by atoms with Gasteiger partial charge in [0, 0.05) is 6.42 Å². The van der Waals surface area contributed by atoms with Gasteiger partial charge in [-0.25, -0.2) is 0 Å². The molecule has 1 amide bonds. The highest BCUT2D eigenvalue weighted by Gasteiger charge is 2.44. The van der Waals surface area contributed by atoms with E-state index in [0.29, 0.717) is 6.42 Å². The van der Waals surface area contributed by atoms with Crippen LogP contribution in [-0.2, 0) is 14.3 Å². The highest BCUT2D eigenvalue weighted by molar-refractivity contribution is 5.76. The first kappa shape index (κ1) is 62.9. The predicted molar refractivity (Wildman–Crippen MR) is 277 cm³/mol. The summed E-state index contributed by atoms with van der Waals surface area (Å²) in [5.41, 5.74) is 0. The Morgan fingerprint density at radius 1 is 0.500 bits per heavy atom. The molecule has 2 unspecified atom stereocenters. The first-order chi connectivity index (χ1) is 32.3. The van der Waals surface area contributed by atoms with E-state index in [2.05, 4.69) is 19.2 Å². The summed E-state index contributed by atoms with van der Waals surface area (Å²) in [6.45, 7) is 3.77. The molecule has 66 heavy (non-hydrogen) atoms. The Balaban J connectivity index is 2.02. The molecule has 1 saturated heterocycles. The smallest absolute Gasteiger partial charge is 0.220 e. The maximum atomic E-state index is 13.0. The predicted octanol–water partition coefficient (Wildman–Crippen LogP) is 14.0. The molecule has 6 N–H and O–H groups in total. The van der Waals surface area contributed by atoms with Crippen LogP contribution in [0, 0.1) is 0 Å². The minimum Gasteiger partial charge on any atom is -0.394 e. The molecule has 1 heterocycles. The van der Waals surface area contributed by atoms with Crippen LogP contribution in [0.5, 0.6) is 0 Å². The van der Waals surface area contributed by atoms with Crippen molar-refractivity contribution in [3.63, 3.8) is 0 Å². The van der Waals surface area contributed by atoms with Gasteiger partial charge in [0.05, 0.1) is 25.4 Å². The number of hydrogen-bond acceptors (Lipinski definition) is 8. The number of unbranched alkanes of at least 4 members (excludes halogenated alkanes) is 40. The molecule has 1 aliphatic heterocycles. The van der Waals surface area contributed by atoms with E-state index in [1.165, 1.54) is 231 Å². The molecule has 0 radical (unpaired) electrons.